The molecule has 3 atom stereocenters. The number of nitrogens with one attached hydrogen (secondary N) is 1. The van der Waals surface area contributed by atoms with E-state index in [0.29, 0.717) is 34.9 Å². The minimum absolute atomic E-state index is 0.0514. The summed E-state index contributed by atoms with van der Waals surface area (Å²) >= 11 is 6.08. The van der Waals surface area contributed by atoms with Gasteiger partial charge in [0.2, 0.25) is 0 Å². The van der Waals surface area contributed by atoms with E-state index in [-0.39, 0.29) is 23.7 Å². The van der Waals surface area contributed by atoms with E-state index < -0.39 is 6.04 Å². The van der Waals surface area contributed by atoms with Crippen molar-refractivity contribution in [2.24, 2.45) is 5.92 Å². The van der Waals surface area contributed by atoms with Crippen LogP contribution in [0.1, 0.15) is 59.0 Å². The quantitative estimate of drug-likeness (QED) is 0.340. The summed E-state index contributed by atoms with van der Waals surface area (Å²) in [6, 6.07) is 21.4. The number of benzene rings is 2. The lowest BCUT2D eigenvalue weighted by Crippen LogP contribution is -2.28. The molecule has 2 aliphatic rings. The van der Waals surface area contributed by atoms with Gasteiger partial charge >= 0.3 is 0 Å². The number of carbonyl (C=O) groups excluding carboxylic acids is 1. The molecule has 0 spiro atoms. The van der Waals surface area contributed by atoms with Crippen molar-refractivity contribution in [3.8, 4) is 6.07 Å². The third-order valence-corrected chi connectivity index (χ3v) is 7.39. The highest BCUT2D eigenvalue weighted by molar-refractivity contribution is 6.31. The van der Waals surface area contributed by atoms with Gasteiger partial charge in [0.1, 0.15) is 0 Å². The molecule has 1 aromatic heterocycles. The Kier molecular flexibility index (Phi) is 7.83. The third kappa shape index (κ3) is 5.33. The molecule has 1 heterocycles. The first-order valence-electron chi connectivity index (χ1n) is 12.7. The molecule has 0 fully saturated rings. The van der Waals surface area contributed by atoms with Gasteiger partial charge in [-0.3, -0.25) is 10.1 Å². The Bertz CT molecular complexity index is 1420. The molecule has 190 valence electrons. The summed E-state index contributed by atoms with van der Waals surface area (Å²) in [7, 11) is 0. The second-order valence-corrected chi connectivity index (χ2v) is 9.96. The standard InChI is InChI=1S/C32H28ClN3O2/c1-21-29(26-14-8-9-15-27(26)31(37)24-16-18-25(33)19-17-24)32(38-36-21)28(20-34)35-30(22-10-4-2-5-11-22)23-12-6-3-7-13-23/h2-13,15-16,18-19,24,26,28,30,35H,14,17H2,1H3. The SMILES string of the molecule is Cc1noc(C(C#N)NC(c2ccccc2)c2ccccc2)c1C1CC=CC=C1C(=O)C1C=CC(Cl)=CC1. The fourth-order valence-electron chi connectivity index (χ4n) is 5.20. The van der Waals surface area contributed by atoms with Crippen LogP contribution >= 0.6 is 11.6 Å². The number of hydrogen-bond acceptors (Lipinski definition) is 5. The molecule has 6 heteroatoms. The minimum atomic E-state index is -0.782. The zero-order valence-electron chi connectivity index (χ0n) is 21.1. The van der Waals surface area contributed by atoms with Gasteiger partial charge in [-0.25, -0.2) is 0 Å². The largest absolute Gasteiger partial charge is 0.358 e. The van der Waals surface area contributed by atoms with Crippen molar-refractivity contribution in [3.05, 3.63) is 136 Å². The van der Waals surface area contributed by atoms with Crippen LogP contribution in [0.3, 0.4) is 0 Å². The van der Waals surface area contributed by atoms with Gasteiger partial charge in [-0.2, -0.15) is 5.26 Å². The van der Waals surface area contributed by atoms with Gasteiger partial charge in [-0.05, 0) is 37.0 Å². The van der Waals surface area contributed by atoms with Crippen LogP contribution in [-0.2, 0) is 4.79 Å². The summed E-state index contributed by atoms with van der Waals surface area (Å²) < 4.78 is 5.82. The molecule has 0 bridgehead atoms. The maximum Gasteiger partial charge on any atom is 0.172 e. The van der Waals surface area contributed by atoms with Gasteiger partial charge in [0.05, 0.1) is 17.8 Å². The molecule has 3 unspecified atom stereocenters. The van der Waals surface area contributed by atoms with Crippen molar-refractivity contribution in [2.45, 2.75) is 37.8 Å². The number of ketones is 1. The first-order chi connectivity index (χ1) is 18.6. The molecule has 0 saturated carbocycles. The fourth-order valence-corrected chi connectivity index (χ4v) is 5.36. The Morgan fingerprint density at radius 2 is 1.79 bits per heavy atom. The average molecular weight is 522 g/mol. The molecule has 2 aromatic carbocycles. The number of aromatic nitrogens is 1. The number of allylic oxidation sites excluding steroid dienone is 8. The fraction of sp³-hybridized carbons (Fsp3) is 0.219. The second-order valence-electron chi connectivity index (χ2n) is 9.52. The van der Waals surface area contributed by atoms with Gasteiger partial charge in [0.25, 0.3) is 0 Å². The maximum atomic E-state index is 13.6. The van der Waals surface area contributed by atoms with Crippen LogP contribution in [0.5, 0.6) is 0 Å². The molecule has 5 rings (SSSR count). The van der Waals surface area contributed by atoms with Gasteiger partial charge < -0.3 is 4.52 Å². The summed E-state index contributed by atoms with van der Waals surface area (Å²) in [6.45, 7) is 1.87. The summed E-state index contributed by atoms with van der Waals surface area (Å²) in [4.78, 5) is 13.6. The molecular weight excluding hydrogens is 494 g/mol. The van der Waals surface area contributed by atoms with Crippen molar-refractivity contribution in [3.63, 3.8) is 0 Å². The zero-order chi connectivity index (χ0) is 26.5. The number of aryl methyl sites for hydroxylation is 1. The minimum Gasteiger partial charge on any atom is -0.358 e. The Morgan fingerprint density at radius 1 is 1.11 bits per heavy atom. The molecule has 0 radical (unpaired) electrons. The smallest absolute Gasteiger partial charge is 0.172 e. The van der Waals surface area contributed by atoms with E-state index in [1.165, 1.54) is 0 Å². The molecule has 0 aliphatic heterocycles. The van der Waals surface area contributed by atoms with E-state index in [1.54, 1.807) is 6.08 Å². The highest BCUT2D eigenvalue weighted by atomic mass is 35.5. The highest BCUT2D eigenvalue weighted by Crippen LogP contribution is 2.40. The molecule has 0 saturated heterocycles. The first kappa shape index (κ1) is 25.7. The number of hydrogen-bond donors (Lipinski definition) is 1. The van der Waals surface area contributed by atoms with Gasteiger partial charge in [-0.1, -0.05) is 108 Å². The van der Waals surface area contributed by atoms with Gasteiger partial charge in [0, 0.05) is 28.0 Å². The Labute approximate surface area is 227 Å². The number of nitrogens with zero attached hydrogens (tertiary/aromatic N) is 2. The lowest BCUT2D eigenvalue weighted by Gasteiger charge is -2.26. The average Bonchev–Trinajstić information content (AvgIpc) is 3.35. The third-order valence-electron chi connectivity index (χ3n) is 7.11. The summed E-state index contributed by atoms with van der Waals surface area (Å²) in [5, 5.41) is 18.7. The summed E-state index contributed by atoms with van der Waals surface area (Å²) in [5.74, 6) is -0.0293. The van der Waals surface area contributed by atoms with E-state index in [0.717, 1.165) is 16.7 Å². The van der Waals surface area contributed by atoms with Crippen LogP contribution in [0.4, 0.5) is 0 Å². The van der Waals surface area contributed by atoms with Crippen molar-refractivity contribution >= 4 is 17.4 Å². The molecule has 1 N–H and O–H groups in total. The topological polar surface area (TPSA) is 78.9 Å². The van der Waals surface area contributed by atoms with Crippen LogP contribution in [0.25, 0.3) is 0 Å². The highest BCUT2D eigenvalue weighted by Gasteiger charge is 2.35. The van der Waals surface area contributed by atoms with Crippen molar-refractivity contribution in [1.29, 1.82) is 5.26 Å². The molecule has 3 aromatic rings. The first-order valence-corrected chi connectivity index (χ1v) is 13.1. The molecular formula is C32H28ClN3O2. The Morgan fingerprint density at radius 3 is 2.39 bits per heavy atom. The second kappa shape index (κ2) is 11.6. The van der Waals surface area contributed by atoms with Crippen molar-refractivity contribution < 1.29 is 9.32 Å². The maximum absolute atomic E-state index is 13.6. The van der Waals surface area contributed by atoms with E-state index in [2.05, 4.69) is 16.5 Å². The lowest BCUT2D eigenvalue weighted by molar-refractivity contribution is -0.118. The predicted molar refractivity (Wildman–Crippen MR) is 148 cm³/mol. The van der Waals surface area contributed by atoms with Gasteiger partial charge in [0.15, 0.2) is 17.6 Å². The molecule has 5 nitrogen and oxygen atoms in total. The van der Waals surface area contributed by atoms with Crippen LogP contribution in [0.15, 0.2) is 112 Å². The van der Waals surface area contributed by atoms with Crippen molar-refractivity contribution in [2.75, 3.05) is 0 Å². The molecule has 2 aliphatic carbocycles. The van der Waals surface area contributed by atoms with Crippen molar-refractivity contribution in [1.82, 2.24) is 10.5 Å². The number of Topliss-reactive ketones (excluding diaryl/α,β-unsaturated/α-hetero) is 1. The lowest BCUT2D eigenvalue weighted by atomic mass is 9.77. The van der Waals surface area contributed by atoms with Crippen LogP contribution in [0.2, 0.25) is 0 Å². The number of carbonyl (C=O) groups is 1. The number of halogens is 1. The molecule has 38 heavy (non-hydrogen) atoms. The number of nitriles is 1. The van der Waals surface area contributed by atoms with Crippen LogP contribution in [0, 0.1) is 24.2 Å². The Balaban J connectivity index is 1.49. The van der Waals surface area contributed by atoms with E-state index in [1.807, 2.05) is 98.0 Å². The normalized spacial score (nSPS) is 19.5. The predicted octanol–water partition coefficient (Wildman–Crippen LogP) is 7.16. The summed E-state index contributed by atoms with van der Waals surface area (Å²) in [5.41, 5.74) is 4.23. The van der Waals surface area contributed by atoms with E-state index in [9.17, 15) is 10.1 Å². The number of rotatable bonds is 8. The monoisotopic (exact) mass is 521 g/mol. The zero-order valence-corrected chi connectivity index (χ0v) is 21.8. The Hall–Kier alpha value is -3.98. The summed E-state index contributed by atoms with van der Waals surface area (Å²) in [6.07, 6.45) is 12.5. The van der Waals surface area contributed by atoms with E-state index >= 15 is 0 Å². The molecule has 0 amide bonds. The van der Waals surface area contributed by atoms with Crippen LogP contribution in [-0.4, -0.2) is 10.9 Å². The van der Waals surface area contributed by atoms with Gasteiger partial charge in [-0.15, -0.1) is 0 Å². The van der Waals surface area contributed by atoms with E-state index in [4.69, 9.17) is 16.1 Å². The van der Waals surface area contributed by atoms with Crippen LogP contribution < -0.4 is 5.32 Å².